The van der Waals surface area contributed by atoms with E-state index in [0.717, 1.165) is 12.1 Å². The normalized spacial score (nSPS) is 16.0. The minimum Gasteiger partial charge on any atom is -0.392 e. The molecule has 0 bridgehead atoms. The molecule has 3 rings (SSSR count). The smallest absolute Gasteiger partial charge is 0.0682 e. The summed E-state index contributed by atoms with van der Waals surface area (Å²) in [6.45, 7) is 5.60. The Morgan fingerprint density at radius 1 is 1.04 bits per heavy atom. The lowest BCUT2D eigenvalue weighted by Crippen LogP contribution is -2.19. The van der Waals surface area contributed by atoms with Gasteiger partial charge in [0.2, 0.25) is 0 Å². The van der Waals surface area contributed by atoms with Gasteiger partial charge >= 0.3 is 0 Å². The third kappa shape index (κ3) is 4.10. The van der Waals surface area contributed by atoms with Crippen LogP contribution in [0.15, 0.2) is 54.6 Å². The van der Waals surface area contributed by atoms with Crippen molar-refractivity contribution in [3.63, 3.8) is 0 Å². The monoisotopic (exact) mass is 307 g/mol. The predicted molar refractivity (Wildman–Crippen MR) is 96.3 cm³/mol. The van der Waals surface area contributed by atoms with Crippen LogP contribution in [0.3, 0.4) is 0 Å². The number of aryl methyl sites for hydroxylation is 1. The molecule has 1 fully saturated rings. The Balaban J connectivity index is 1.94. The number of benzene rings is 2. The molecule has 2 heteroatoms. The van der Waals surface area contributed by atoms with Crippen LogP contribution in [0.2, 0.25) is 0 Å². The molecule has 0 unspecified atom stereocenters. The molecule has 0 aliphatic carbocycles. The van der Waals surface area contributed by atoms with E-state index in [1.165, 1.54) is 48.2 Å². The van der Waals surface area contributed by atoms with Crippen LogP contribution in [0.1, 0.15) is 35.1 Å². The van der Waals surface area contributed by atoms with Crippen LogP contribution >= 0.6 is 0 Å². The fraction of sp³-hybridized carbons (Fsp3) is 0.333. The first-order valence-corrected chi connectivity index (χ1v) is 8.46. The minimum atomic E-state index is 0.0845. The molecule has 0 spiro atoms. The molecule has 1 heterocycles. The van der Waals surface area contributed by atoms with Crippen molar-refractivity contribution in [3.05, 3.63) is 76.9 Å². The van der Waals surface area contributed by atoms with Gasteiger partial charge < -0.3 is 5.11 Å². The van der Waals surface area contributed by atoms with Crippen molar-refractivity contribution in [3.8, 4) is 0 Å². The zero-order valence-corrected chi connectivity index (χ0v) is 13.8. The first-order valence-electron chi connectivity index (χ1n) is 8.46. The second-order valence-electron chi connectivity index (χ2n) is 6.35. The van der Waals surface area contributed by atoms with E-state index in [2.05, 4.69) is 54.3 Å². The number of likely N-dealkylation sites (tertiary alicyclic amines) is 1. The lowest BCUT2D eigenvalue weighted by atomic mass is 9.95. The number of hydrogen-bond acceptors (Lipinski definition) is 2. The summed E-state index contributed by atoms with van der Waals surface area (Å²) < 4.78 is 0. The number of aliphatic hydroxyl groups excluding tert-OH is 1. The molecule has 2 nitrogen and oxygen atoms in total. The number of rotatable bonds is 5. The molecule has 2 aromatic rings. The number of hydrogen-bond donors (Lipinski definition) is 1. The SMILES string of the molecule is Cc1ccc(/C(=C/CN2CCCC2)c2cccc(CO)c2)cc1. The highest BCUT2D eigenvalue weighted by atomic mass is 16.3. The molecule has 0 radical (unpaired) electrons. The van der Waals surface area contributed by atoms with Gasteiger partial charge in [0.25, 0.3) is 0 Å². The molecule has 1 N–H and O–H groups in total. The van der Waals surface area contributed by atoms with Crippen LogP contribution in [0, 0.1) is 6.92 Å². The van der Waals surface area contributed by atoms with Gasteiger partial charge in [-0.2, -0.15) is 0 Å². The maximum Gasteiger partial charge on any atom is 0.0682 e. The molecule has 1 aliphatic heterocycles. The second kappa shape index (κ2) is 7.58. The maximum absolute atomic E-state index is 9.43. The van der Waals surface area contributed by atoms with E-state index in [-0.39, 0.29) is 6.61 Å². The van der Waals surface area contributed by atoms with Gasteiger partial charge in [0.1, 0.15) is 0 Å². The Hall–Kier alpha value is -1.90. The minimum absolute atomic E-state index is 0.0845. The van der Waals surface area contributed by atoms with Gasteiger partial charge in [0, 0.05) is 6.54 Å². The van der Waals surface area contributed by atoms with Crippen LogP contribution < -0.4 is 0 Å². The molecular weight excluding hydrogens is 282 g/mol. The first-order chi connectivity index (χ1) is 11.3. The Morgan fingerprint density at radius 2 is 1.78 bits per heavy atom. The van der Waals surface area contributed by atoms with Crippen molar-refractivity contribution in [1.82, 2.24) is 4.90 Å². The summed E-state index contributed by atoms with van der Waals surface area (Å²) in [5.74, 6) is 0. The summed E-state index contributed by atoms with van der Waals surface area (Å²) in [7, 11) is 0. The summed E-state index contributed by atoms with van der Waals surface area (Å²) in [6, 6.07) is 16.9. The summed E-state index contributed by atoms with van der Waals surface area (Å²) in [4.78, 5) is 2.50. The molecule has 23 heavy (non-hydrogen) atoms. The van der Waals surface area contributed by atoms with Crippen molar-refractivity contribution >= 4 is 5.57 Å². The molecule has 120 valence electrons. The Kier molecular flexibility index (Phi) is 5.27. The fourth-order valence-electron chi connectivity index (χ4n) is 3.16. The van der Waals surface area contributed by atoms with E-state index in [1.54, 1.807) is 0 Å². The summed E-state index contributed by atoms with van der Waals surface area (Å²) in [6.07, 6.45) is 4.97. The third-order valence-electron chi connectivity index (χ3n) is 4.54. The lowest BCUT2D eigenvalue weighted by molar-refractivity contribution is 0.282. The summed E-state index contributed by atoms with van der Waals surface area (Å²) in [5.41, 5.74) is 5.91. The van der Waals surface area contributed by atoms with Crippen LogP contribution in [-0.4, -0.2) is 29.6 Å². The van der Waals surface area contributed by atoms with Gasteiger partial charge in [-0.15, -0.1) is 0 Å². The maximum atomic E-state index is 9.43. The standard InChI is InChI=1S/C21H25NO/c1-17-7-9-19(10-8-17)21(11-14-22-12-2-3-13-22)20-6-4-5-18(15-20)16-23/h4-11,15,23H,2-3,12-14,16H2,1H3/b21-11-. The molecule has 0 aromatic heterocycles. The average Bonchev–Trinajstić information content (AvgIpc) is 3.10. The van der Waals surface area contributed by atoms with E-state index >= 15 is 0 Å². The summed E-state index contributed by atoms with van der Waals surface area (Å²) in [5, 5.41) is 9.43. The molecule has 0 saturated carbocycles. The fourth-order valence-corrected chi connectivity index (χ4v) is 3.16. The molecular formula is C21H25NO. The van der Waals surface area contributed by atoms with Crippen molar-refractivity contribution in [1.29, 1.82) is 0 Å². The van der Waals surface area contributed by atoms with E-state index in [4.69, 9.17) is 0 Å². The quantitative estimate of drug-likeness (QED) is 0.902. The van der Waals surface area contributed by atoms with E-state index in [9.17, 15) is 5.11 Å². The Labute approximate surface area is 139 Å². The molecule has 1 saturated heterocycles. The number of aliphatic hydroxyl groups is 1. The highest BCUT2D eigenvalue weighted by Crippen LogP contribution is 2.25. The van der Waals surface area contributed by atoms with E-state index in [0.29, 0.717) is 0 Å². The van der Waals surface area contributed by atoms with Gasteiger partial charge in [0.15, 0.2) is 0 Å². The Bertz CT molecular complexity index is 666. The second-order valence-corrected chi connectivity index (χ2v) is 6.35. The largest absolute Gasteiger partial charge is 0.392 e. The van der Waals surface area contributed by atoms with Crippen molar-refractivity contribution < 1.29 is 5.11 Å². The third-order valence-corrected chi connectivity index (χ3v) is 4.54. The van der Waals surface area contributed by atoms with Gasteiger partial charge in [-0.05, 0) is 61.2 Å². The van der Waals surface area contributed by atoms with Crippen LogP contribution in [0.4, 0.5) is 0 Å². The van der Waals surface area contributed by atoms with E-state index in [1.807, 2.05) is 12.1 Å². The van der Waals surface area contributed by atoms with Gasteiger partial charge in [-0.25, -0.2) is 0 Å². The average molecular weight is 307 g/mol. The molecule has 0 atom stereocenters. The van der Waals surface area contributed by atoms with Crippen molar-refractivity contribution in [2.45, 2.75) is 26.4 Å². The predicted octanol–water partition coefficient (Wildman–Crippen LogP) is 4.01. The highest BCUT2D eigenvalue weighted by molar-refractivity contribution is 5.80. The zero-order chi connectivity index (χ0) is 16.1. The Morgan fingerprint density at radius 3 is 2.48 bits per heavy atom. The van der Waals surface area contributed by atoms with Crippen LogP contribution in [0.25, 0.3) is 5.57 Å². The highest BCUT2D eigenvalue weighted by Gasteiger charge is 2.11. The molecule has 1 aliphatic rings. The van der Waals surface area contributed by atoms with E-state index < -0.39 is 0 Å². The van der Waals surface area contributed by atoms with Gasteiger partial charge in [-0.1, -0.05) is 54.1 Å². The number of nitrogens with zero attached hydrogens (tertiary/aromatic N) is 1. The van der Waals surface area contributed by atoms with Gasteiger partial charge in [0.05, 0.1) is 6.61 Å². The van der Waals surface area contributed by atoms with Crippen LogP contribution in [-0.2, 0) is 6.61 Å². The van der Waals surface area contributed by atoms with Crippen LogP contribution in [0.5, 0.6) is 0 Å². The lowest BCUT2D eigenvalue weighted by Gasteiger charge is -2.15. The van der Waals surface area contributed by atoms with Crippen molar-refractivity contribution in [2.75, 3.05) is 19.6 Å². The van der Waals surface area contributed by atoms with Crippen molar-refractivity contribution in [2.24, 2.45) is 0 Å². The van der Waals surface area contributed by atoms with Gasteiger partial charge in [-0.3, -0.25) is 4.90 Å². The molecule has 0 amide bonds. The molecule has 2 aromatic carbocycles. The topological polar surface area (TPSA) is 23.5 Å². The summed E-state index contributed by atoms with van der Waals surface area (Å²) >= 11 is 0. The zero-order valence-electron chi connectivity index (χ0n) is 13.8. The first kappa shape index (κ1) is 16.0.